The number of rotatable bonds is 30. The van der Waals surface area contributed by atoms with E-state index in [0.29, 0.717) is 6.42 Å². The lowest BCUT2D eigenvalue weighted by molar-refractivity contribution is -0.302. The summed E-state index contributed by atoms with van der Waals surface area (Å²) in [7, 11) is 0. The van der Waals surface area contributed by atoms with Crippen molar-refractivity contribution in [1.82, 2.24) is 5.32 Å². The SMILES string of the molecule is CCC/C=C/CC/C=C/C(O)C(COC1OC(CO)C(O)C(O)C1O)NC(=O)CCCCCCCCCCCCCCCCCCC. The first-order chi connectivity index (χ1) is 22.8. The molecule has 1 saturated heterocycles. The Bertz CT molecular complexity index is 792. The van der Waals surface area contributed by atoms with Gasteiger partial charge in [-0.25, -0.2) is 0 Å². The van der Waals surface area contributed by atoms with Crippen LogP contribution in [0.25, 0.3) is 0 Å². The number of carbonyl (C=O) groups is 1. The van der Waals surface area contributed by atoms with Crippen LogP contribution in [0.2, 0.25) is 0 Å². The van der Waals surface area contributed by atoms with Crippen molar-refractivity contribution < 1.29 is 39.8 Å². The highest BCUT2D eigenvalue weighted by molar-refractivity contribution is 5.76. The number of nitrogens with one attached hydrogen (secondary N) is 1. The quantitative estimate of drug-likeness (QED) is 0.0381. The molecule has 1 fully saturated rings. The van der Waals surface area contributed by atoms with Gasteiger partial charge in [-0.15, -0.1) is 0 Å². The van der Waals surface area contributed by atoms with Crippen molar-refractivity contribution in [2.75, 3.05) is 13.2 Å². The predicted octanol–water partition coefficient (Wildman–Crippen LogP) is 6.38. The van der Waals surface area contributed by atoms with Crippen molar-refractivity contribution in [1.29, 1.82) is 0 Å². The Hall–Kier alpha value is -1.33. The first-order valence-electron chi connectivity index (χ1n) is 19.1. The molecule has 0 aromatic carbocycles. The zero-order chi connectivity index (χ0) is 34.5. The van der Waals surface area contributed by atoms with E-state index >= 15 is 0 Å². The van der Waals surface area contributed by atoms with Gasteiger partial charge in [-0.05, 0) is 25.7 Å². The standard InChI is InChI=1S/C38H71NO8/c1-3-5-7-9-11-12-13-14-15-16-17-18-19-20-22-24-26-28-34(42)39-31(32(41)27-25-23-21-10-8-6-4-2)30-46-38-37(45)36(44)35(43)33(29-40)47-38/h8,10,25,27,31-33,35-38,40-41,43-45H,3-7,9,11-24,26,28-30H2,1-2H3,(H,39,42)/b10-8+,27-25+. The molecule has 7 atom stereocenters. The van der Waals surface area contributed by atoms with Crippen LogP contribution in [0, 0.1) is 0 Å². The Balaban J connectivity index is 2.35. The number of ether oxygens (including phenoxy) is 2. The molecule has 1 aliphatic rings. The van der Waals surface area contributed by atoms with Gasteiger partial charge in [0.2, 0.25) is 5.91 Å². The third-order valence-electron chi connectivity index (χ3n) is 9.01. The van der Waals surface area contributed by atoms with E-state index in [1.165, 1.54) is 89.9 Å². The molecule has 1 rings (SSSR count). The molecule has 6 N–H and O–H groups in total. The van der Waals surface area contributed by atoms with Gasteiger partial charge in [0.25, 0.3) is 0 Å². The van der Waals surface area contributed by atoms with Crippen molar-refractivity contribution in [2.45, 2.75) is 198 Å². The molecular weight excluding hydrogens is 598 g/mol. The van der Waals surface area contributed by atoms with Crippen LogP contribution >= 0.6 is 0 Å². The molecule has 9 nitrogen and oxygen atoms in total. The minimum absolute atomic E-state index is 0.191. The largest absolute Gasteiger partial charge is 0.394 e. The molecule has 0 aliphatic carbocycles. The summed E-state index contributed by atoms with van der Waals surface area (Å²) in [5.74, 6) is -0.191. The van der Waals surface area contributed by atoms with Crippen LogP contribution in [0.3, 0.4) is 0 Å². The van der Waals surface area contributed by atoms with Gasteiger partial charge in [-0.1, -0.05) is 147 Å². The summed E-state index contributed by atoms with van der Waals surface area (Å²) in [6.45, 7) is 3.63. The first-order valence-corrected chi connectivity index (χ1v) is 19.1. The molecule has 9 heteroatoms. The fourth-order valence-corrected chi connectivity index (χ4v) is 5.88. The number of carbonyl (C=O) groups excluding carboxylic acids is 1. The van der Waals surface area contributed by atoms with E-state index in [9.17, 15) is 30.3 Å². The second-order valence-corrected chi connectivity index (χ2v) is 13.4. The Morgan fingerprint density at radius 3 is 1.74 bits per heavy atom. The van der Waals surface area contributed by atoms with Gasteiger partial charge >= 0.3 is 0 Å². The molecular formula is C38H71NO8. The van der Waals surface area contributed by atoms with Crippen LogP contribution in [0.1, 0.15) is 155 Å². The van der Waals surface area contributed by atoms with Crippen molar-refractivity contribution in [3.05, 3.63) is 24.3 Å². The number of aliphatic hydroxyl groups excluding tert-OH is 5. The van der Waals surface area contributed by atoms with E-state index in [1.807, 2.05) is 6.08 Å². The number of unbranched alkanes of at least 4 members (excludes halogenated alkanes) is 18. The van der Waals surface area contributed by atoms with E-state index in [0.717, 1.165) is 44.9 Å². The first kappa shape index (κ1) is 43.7. The van der Waals surface area contributed by atoms with Gasteiger partial charge in [0.05, 0.1) is 25.4 Å². The Morgan fingerprint density at radius 2 is 1.21 bits per heavy atom. The average molecular weight is 670 g/mol. The third kappa shape index (κ3) is 21.4. The van der Waals surface area contributed by atoms with Gasteiger partial charge in [-0.3, -0.25) is 4.79 Å². The molecule has 0 aromatic heterocycles. The van der Waals surface area contributed by atoms with Crippen molar-refractivity contribution in [3.63, 3.8) is 0 Å². The Morgan fingerprint density at radius 1 is 0.702 bits per heavy atom. The molecule has 276 valence electrons. The summed E-state index contributed by atoms with van der Waals surface area (Å²) in [6.07, 6.45) is 25.4. The van der Waals surface area contributed by atoms with E-state index in [1.54, 1.807) is 6.08 Å². The number of aliphatic hydroxyl groups is 5. The van der Waals surface area contributed by atoms with Crippen molar-refractivity contribution >= 4 is 5.91 Å². The zero-order valence-electron chi connectivity index (χ0n) is 29.8. The van der Waals surface area contributed by atoms with Crippen LogP contribution in [0.5, 0.6) is 0 Å². The molecule has 1 amide bonds. The number of hydrogen-bond donors (Lipinski definition) is 6. The molecule has 7 unspecified atom stereocenters. The van der Waals surface area contributed by atoms with Gasteiger partial charge < -0.3 is 40.3 Å². The Kier molecular flexibility index (Phi) is 27.5. The minimum Gasteiger partial charge on any atom is -0.394 e. The molecule has 0 aromatic rings. The fourth-order valence-electron chi connectivity index (χ4n) is 5.88. The van der Waals surface area contributed by atoms with Crippen LogP contribution < -0.4 is 5.32 Å². The summed E-state index contributed by atoms with van der Waals surface area (Å²) in [5.41, 5.74) is 0. The summed E-state index contributed by atoms with van der Waals surface area (Å²) >= 11 is 0. The van der Waals surface area contributed by atoms with Crippen LogP contribution in [-0.4, -0.2) is 87.5 Å². The number of amides is 1. The Labute approximate surface area is 286 Å². The summed E-state index contributed by atoms with van der Waals surface area (Å²) in [4.78, 5) is 12.8. The molecule has 47 heavy (non-hydrogen) atoms. The molecule has 1 aliphatic heterocycles. The molecule has 0 radical (unpaired) electrons. The molecule has 0 saturated carbocycles. The highest BCUT2D eigenvalue weighted by atomic mass is 16.7. The number of hydrogen-bond acceptors (Lipinski definition) is 8. The van der Waals surface area contributed by atoms with E-state index in [2.05, 4.69) is 31.3 Å². The second-order valence-electron chi connectivity index (χ2n) is 13.4. The lowest BCUT2D eigenvalue weighted by Gasteiger charge is -2.40. The minimum atomic E-state index is -1.57. The average Bonchev–Trinajstić information content (AvgIpc) is 3.07. The maximum Gasteiger partial charge on any atom is 0.220 e. The molecule has 0 bridgehead atoms. The van der Waals surface area contributed by atoms with Crippen LogP contribution in [-0.2, 0) is 14.3 Å². The van der Waals surface area contributed by atoms with Crippen LogP contribution in [0.15, 0.2) is 24.3 Å². The maximum absolute atomic E-state index is 12.8. The third-order valence-corrected chi connectivity index (χ3v) is 9.01. The van der Waals surface area contributed by atoms with Crippen LogP contribution in [0.4, 0.5) is 0 Å². The highest BCUT2D eigenvalue weighted by Crippen LogP contribution is 2.22. The van der Waals surface area contributed by atoms with E-state index in [-0.39, 0.29) is 12.5 Å². The monoisotopic (exact) mass is 670 g/mol. The predicted molar refractivity (Wildman–Crippen MR) is 189 cm³/mol. The summed E-state index contributed by atoms with van der Waals surface area (Å²) in [5, 5.41) is 53.6. The normalized spacial score (nSPS) is 23.1. The highest BCUT2D eigenvalue weighted by Gasteiger charge is 2.44. The van der Waals surface area contributed by atoms with E-state index < -0.39 is 49.5 Å². The second kappa shape index (κ2) is 29.6. The van der Waals surface area contributed by atoms with Crippen molar-refractivity contribution in [3.8, 4) is 0 Å². The van der Waals surface area contributed by atoms with Gasteiger partial charge in [-0.2, -0.15) is 0 Å². The maximum atomic E-state index is 12.8. The smallest absolute Gasteiger partial charge is 0.220 e. The van der Waals surface area contributed by atoms with Gasteiger partial charge in [0.1, 0.15) is 24.4 Å². The lowest BCUT2D eigenvalue weighted by atomic mass is 9.99. The number of allylic oxidation sites excluding steroid dienone is 3. The molecule has 0 spiro atoms. The topological polar surface area (TPSA) is 149 Å². The lowest BCUT2D eigenvalue weighted by Crippen LogP contribution is -2.60. The summed E-state index contributed by atoms with van der Waals surface area (Å²) in [6, 6.07) is -0.812. The fraction of sp³-hybridized carbons (Fsp3) is 0.868. The summed E-state index contributed by atoms with van der Waals surface area (Å²) < 4.78 is 11.1. The zero-order valence-corrected chi connectivity index (χ0v) is 29.8. The van der Waals surface area contributed by atoms with Gasteiger partial charge in [0.15, 0.2) is 6.29 Å². The van der Waals surface area contributed by atoms with E-state index in [4.69, 9.17) is 9.47 Å². The van der Waals surface area contributed by atoms with Gasteiger partial charge in [0, 0.05) is 6.42 Å². The van der Waals surface area contributed by atoms with Crippen molar-refractivity contribution in [2.24, 2.45) is 0 Å². The molecule has 1 heterocycles.